The molecule has 1 heterocycles. The van der Waals surface area contributed by atoms with Crippen molar-refractivity contribution < 1.29 is 0 Å². The molecule has 0 saturated heterocycles. The van der Waals surface area contributed by atoms with Gasteiger partial charge in [-0.05, 0) is 45.1 Å². The van der Waals surface area contributed by atoms with E-state index in [1.165, 1.54) is 42.9 Å². The van der Waals surface area contributed by atoms with Gasteiger partial charge in [0.2, 0.25) is 0 Å². The lowest BCUT2D eigenvalue weighted by Crippen LogP contribution is -2.26. The number of rotatable bonds is 7. The highest BCUT2D eigenvalue weighted by Crippen LogP contribution is 2.21. The Bertz CT molecular complexity index is 317. The summed E-state index contributed by atoms with van der Waals surface area (Å²) in [5.41, 5.74) is 1.29. The van der Waals surface area contributed by atoms with Crippen molar-refractivity contribution in [1.29, 1.82) is 0 Å². The summed E-state index contributed by atoms with van der Waals surface area (Å²) in [6.45, 7) is 5.54. The fraction of sp³-hybridized carbons (Fsp3) is 0.769. The minimum Gasteiger partial charge on any atom is -0.314 e. The Morgan fingerprint density at radius 2 is 2.38 bits per heavy atom. The quantitative estimate of drug-likeness (QED) is 0.789. The van der Waals surface area contributed by atoms with Gasteiger partial charge in [-0.15, -0.1) is 11.3 Å². The first kappa shape index (κ1) is 12.1. The third kappa shape index (κ3) is 3.87. The molecule has 90 valence electrons. The topological polar surface area (TPSA) is 24.9 Å². The predicted molar refractivity (Wildman–Crippen MR) is 70.0 cm³/mol. The number of nitrogens with one attached hydrogen (secondary N) is 1. The van der Waals surface area contributed by atoms with E-state index >= 15 is 0 Å². The summed E-state index contributed by atoms with van der Waals surface area (Å²) in [6, 6.07) is 0.830. The Hall–Kier alpha value is -0.410. The zero-order valence-electron chi connectivity index (χ0n) is 10.3. The fourth-order valence-corrected chi connectivity index (χ4v) is 2.73. The van der Waals surface area contributed by atoms with E-state index in [9.17, 15) is 0 Å². The molecule has 1 aromatic rings. The molecule has 1 aromatic heterocycles. The maximum atomic E-state index is 4.57. The SMILES string of the molecule is CCCC(CNC1CC1)Cc1csc(C)n1. The van der Waals surface area contributed by atoms with Crippen LogP contribution in [0.15, 0.2) is 5.38 Å². The standard InChI is InChI=1S/C13H22N2S/c1-3-4-11(8-14-12-5-6-12)7-13-9-16-10(2)15-13/h9,11-12,14H,3-8H2,1-2H3. The summed E-state index contributed by atoms with van der Waals surface area (Å²) in [6.07, 6.45) is 6.51. The lowest BCUT2D eigenvalue weighted by molar-refractivity contribution is 0.434. The Kier molecular flexibility index (Phi) is 4.36. The van der Waals surface area contributed by atoms with Crippen molar-refractivity contribution in [3.63, 3.8) is 0 Å². The van der Waals surface area contributed by atoms with Crippen LogP contribution in [0.25, 0.3) is 0 Å². The maximum Gasteiger partial charge on any atom is 0.0897 e. The van der Waals surface area contributed by atoms with E-state index in [0.29, 0.717) is 0 Å². The molecule has 2 rings (SSSR count). The number of hydrogen-bond donors (Lipinski definition) is 1. The van der Waals surface area contributed by atoms with Crippen LogP contribution in [-0.2, 0) is 6.42 Å². The van der Waals surface area contributed by atoms with E-state index in [1.54, 1.807) is 11.3 Å². The Morgan fingerprint density at radius 3 is 2.94 bits per heavy atom. The molecule has 1 aliphatic carbocycles. The summed E-state index contributed by atoms with van der Waals surface area (Å²) in [4.78, 5) is 4.57. The normalized spacial score (nSPS) is 17.6. The van der Waals surface area contributed by atoms with E-state index in [1.807, 2.05) is 0 Å². The van der Waals surface area contributed by atoms with Crippen LogP contribution in [0.4, 0.5) is 0 Å². The molecular formula is C13H22N2S. The van der Waals surface area contributed by atoms with Crippen LogP contribution < -0.4 is 5.32 Å². The van der Waals surface area contributed by atoms with Gasteiger partial charge in [0.25, 0.3) is 0 Å². The monoisotopic (exact) mass is 238 g/mol. The van der Waals surface area contributed by atoms with Gasteiger partial charge < -0.3 is 5.32 Å². The summed E-state index contributed by atoms with van der Waals surface area (Å²) in [5.74, 6) is 0.770. The number of aromatic nitrogens is 1. The summed E-state index contributed by atoms with van der Waals surface area (Å²) in [5, 5.41) is 7.06. The highest BCUT2D eigenvalue weighted by atomic mass is 32.1. The molecule has 3 heteroatoms. The van der Waals surface area contributed by atoms with Gasteiger partial charge in [-0.1, -0.05) is 13.3 Å². The largest absolute Gasteiger partial charge is 0.314 e. The molecule has 1 fully saturated rings. The van der Waals surface area contributed by atoms with Gasteiger partial charge in [0.15, 0.2) is 0 Å². The molecule has 0 spiro atoms. The molecule has 0 radical (unpaired) electrons. The van der Waals surface area contributed by atoms with Gasteiger partial charge in [-0.25, -0.2) is 4.98 Å². The predicted octanol–water partition coefficient (Wildman–Crippen LogP) is 3.16. The average Bonchev–Trinajstić information content (AvgIpc) is 3.00. The van der Waals surface area contributed by atoms with Crippen LogP contribution in [0, 0.1) is 12.8 Å². The number of thiazole rings is 1. The first-order valence-electron chi connectivity index (χ1n) is 6.42. The second-order valence-corrected chi connectivity index (χ2v) is 5.96. The van der Waals surface area contributed by atoms with Crippen molar-refractivity contribution in [1.82, 2.24) is 10.3 Å². The van der Waals surface area contributed by atoms with Crippen LogP contribution in [0.1, 0.15) is 43.3 Å². The molecule has 0 aliphatic heterocycles. The Morgan fingerprint density at radius 1 is 1.56 bits per heavy atom. The minimum absolute atomic E-state index is 0.770. The van der Waals surface area contributed by atoms with Gasteiger partial charge in [0, 0.05) is 11.4 Å². The molecule has 0 amide bonds. The van der Waals surface area contributed by atoms with Crippen LogP contribution in [0.2, 0.25) is 0 Å². The average molecular weight is 238 g/mol. The molecule has 2 nitrogen and oxygen atoms in total. The van der Waals surface area contributed by atoms with Crippen molar-refractivity contribution >= 4 is 11.3 Å². The van der Waals surface area contributed by atoms with E-state index < -0.39 is 0 Å². The van der Waals surface area contributed by atoms with Gasteiger partial charge in [0.1, 0.15) is 0 Å². The maximum absolute atomic E-state index is 4.57. The highest BCUT2D eigenvalue weighted by Gasteiger charge is 2.22. The molecular weight excluding hydrogens is 216 g/mol. The van der Waals surface area contributed by atoms with Crippen LogP contribution in [0.5, 0.6) is 0 Å². The van der Waals surface area contributed by atoms with Crippen molar-refractivity contribution in [2.75, 3.05) is 6.54 Å². The molecule has 1 aliphatic rings. The van der Waals surface area contributed by atoms with Crippen molar-refractivity contribution in [3.8, 4) is 0 Å². The lowest BCUT2D eigenvalue weighted by atomic mass is 9.98. The first-order chi connectivity index (χ1) is 7.78. The number of aryl methyl sites for hydroxylation is 1. The van der Waals surface area contributed by atoms with Gasteiger partial charge in [0.05, 0.1) is 10.7 Å². The smallest absolute Gasteiger partial charge is 0.0897 e. The van der Waals surface area contributed by atoms with Crippen molar-refractivity contribution in [3.05, 3.63) is 16.1 Å². The number of hydrogen-bond acceptors (Lipinski definition) is 3. The Balaban J connectivity index is 1.80. The molecule has 16 heavy (non-hydrogen) atoms. The third-order valence-corrected chi connectivity index (χ3v) is 3.96. The van der Waals surface area contributed by atoms with Gasteiger partial charge in [-0.2, -0.15) is 0 Å². The van der Waals surface area contributed by atoms with E-state index in [2.05, 4.69) is 29.5 Å². The van der Waals surface area contributed by atoms with Crippen LogP contribution in [-0.4, -0.2) is 17.6 Å². The second-order valence-electron chi connectivity index (χ2n) is 4.90. The first-order valence-corrected chi connectivity index (χ1v) is 7.30. The fourth-order valence-electron chi connectivity index (χ4n) is 2.10. The lowest BCUT2D eigenvalue weighted by Gasteiger charge is -2.15. The van der Waals surface area contributed by atoms with Crippen molar-refractivity contribution in [2.24, 2.45) is 5.92 Å². The third-order valence-electron chi connectivity index (χ3n) is 3.13. The highest BCUT2D eigenvalue weighted by molar-refractivity contribution is 7.09. The molecule has 1 atom stereocenters. The Labute approximate surface area is 102 Å². The number of nitrogens with zero attached hydrogens (tertiary/aromatic N) is 1. The second kappa shape index (κ2) is 5.78. The molecule has 1 unspecified atom stereocenters. The summed E-state index contributed by atoms with van der Waals surface area (Å²) >= 11 is 1.77. The van der Waals surface area contributed by atoms with E-state index in [4.69, 9.17) is 0 Å². The summed E-state index contributed by atoms with van der Waals surface area (Å²) < 4.78 is 0. The molecule has 1 saturated carbocycles. The van der Waals surface area contributed by atoms with Gasteiger partial charge in [-0.3, -0.25) is 0 Å². The molecule has 1 N–H and O–H groups in total. The van der Waals surface area contributed by atoms with E-state index in [0.717, 1.165) is 18.4 Å². The van der Waals surface area contributed by atoms with E-state index in [-0.39, 0.29) is 0 Å². The van der Waals surface area contributed by atoms with Crippen LogP contribution in [0.3, 0.4) is 0 Å². The zero-order chi connectivity index (χ0) is 11.4. The van der Waals surface area contributed by atoms with Gasteiger partial charge >= 0.3 is 0 Å². The zero-order valence-corrected chi connectivity index (χ0v) is 11.1. The van der Waals surface area contributed by atoms with Crippen LogP contribution >= 0.6 is 11.3 Å². The summed E-state index contributed by atoms with van der Waals surface area (Å²) in [7, 11) is 0. The minimum atomic E-state index is 0.770. The van der Waals surface area contributed by atoms with Crippen molar-refractivity contribution in [2.45, 2.75) is 52.0 Å². The molecule has 0 bridgehead atoms. The molecule has 0 aromatic carbocycles.